The Bertz CT molecular complexity index is 614. The molecule has 5 nitrogen and oxygen atoms in total. The predicted octanol–water partition coefficient (Wildman–Crippen LogP) is 2.35. The van der Waals surface area contributed by atoms with E-state index in [1.54, 1.807) is 0 Å². The van der Waals surface area contributed by atoms with E-state index in [1.165, 1.54) is 23.6 Å². The van der Waals surface area contributed by atoms with Crippen molar-refractivity contribution >= 4 is 23.1 Å². The van der Waals surface area contributed by atoms with Gasteiger partial charge >= 0.3 is 0 Å². The van der Waals surface area contributed by atoms with Crippen LogP contribution in [0, 0.1) is 12.7 Å². The third kappa shape index (κ3) is 3.30. The van der Waals surface area contributed by atoms with Crippen LogP contribution in [0.3, 0.4) is 0 Å². The summed E-state index contributed by atoms with van der Waals surface area (Å²) in [6.07, 6.45) is 1.41. The summed E-state index contributed by atoms with van der Waals surface area (Å²) in [6.45, 7) is 4.54. The fourth-order valence-corrected chi connectivity index (χ4v) is 2.28. The van der Waals surface area contributed by atoms with Crippen LogP contribution in [0.1, 0.15) is 28.0 Å². The summed E-state index contributed by atoms with van der Waals surface area (Å²) in [5.41, 5.74) is 0.741. The number of nitrogens with one attached hydrogen (secondary N) is 2. The Hall–Kier alpha value is -2.02. The molecule has 0 aliphatic rings. The van der Waals surface area contributed by atoms with E-state index in [-0.39, 0.29) is 17.9 Å². The van der Waals surface area contributed by atoms with Crippen molar-refractivity contribution in [1.82, 2.24) is 15.3 Å². The van der Waals surface area contributed by atoms with Gasteiger partial charge in [-0.1, -0.05) is 0 Å². The van der Waals surface area contributed by atoms with Gasteiger partial charge in [-0.05, 0) is 19.9 Å². The van der Waals surface area contributed by atoms with Crippen LogP contribution in [0.2, 0.25) is 0 Å². The molecule has 0 fully saturated rings. The Labute approximate surface area is 120 Å². The van der Waals surface area contributed by atoms with E-state index in [0.717, 1.165) is 10.7 Å². The largest absolute Gasteiger partial charge is 0.368 e. The predicted molar refractivity (Wildman–Crippen MR) is 76.4 cm³/mol. The van der Waals surface area contributed by atoms with Gasteiger partial charge in [-0.25, -0.2) is 14.4 Å². The first-order chi connectivity index (χ1) is 9.61. The van der Waals surface area contributed by atoms with E-state index in [4.69, 9.17) is 0 Å². The van der Waals surface area contributed by atoms with Gasteiger partial charge in [0.25, 0.3) is 5.91 Å². The van der Waals surface area contributed by atoms with Gasteiger partial charge in [0, 0.05) is 18.1 Å². The molecule has 0 aliphatic heterocycles. The molecular weight excluding hydrogens is 279 g/mol. The maximum atomic E-state index is 14.0. The second-order valence-corrected chi connectivity index (χ2v) is 5.15. The van der Waals surface area contributed by atoms with Crippen molar-refractivity contribution in [2.24, 2.45) is 0 Å². The molecular formula is C13H15FN4OS. The number of halogens is 1. The summed E-state index contributed by atoms with van der Waals surface area (Å²) in [7, 11) is 0. The number of nitrogens with zero attached hydrogens (tertiary/aromatic N) is 2. The number of pyridine rings is 1. The molecule has 0 radical (unpaired) electrons. The lowest BCUT2D eigenvalue weighted by Gasteiger charge is -2.08. The van der Waals surface area contributed by atoms with Crippen molar-refractivity contribution in [2.75, 3.05) is 11.9 Å². The minimum atomic E-state index is -0.638. The van der Waals surface area contributed by atoms with Gasteiger partial charge < -0.3 is 10.6 Å². The van der Waals surface area contributed by atoms with E-state index in [9.17, 15) is 9.18 Å². The average molecular weight is 294 g/mol. The highest BCUT2D eigenvalue weighted by molar-refractivity contribution is 7.09. The molecule has 0 saturated carbocycles. The topological polar surface area (TPSA) is 66.9 Å². The molecule has 2 aromatic rings. The molecule has 0 spiro atoms. The first kappa shape index (κ1) is 14.4. The molecule has 2 aromatic heterocycles. The lowest BCUT2D eigenvalue weighted by Crippen LogP contribution is -2.24. The molecule has 0 aromatic carbocycles. The van der Waals surface area contributed by atoms with Gasteiger partial charge in [-0.15, -0.1) is 11.3 Å². The molecule has 20 heavy (non-hydrogen) atoms. The lowest BCUT2D eigenvalue weighted by atomic mass is 10.2. The second-order valence-electron chi connectivity index (χ2n) is 4.09. The van der Waals surface area contributed by atoms with Crippen molar-refractivity contribution in [3.63, 3.8) is 0 Å². The number of aromatic nitrogens is 2. The standard InChI is InChI=1S/C13H15FN4OS/c1-3-15-12-11(14)10(4-5-16-12)13(19)17-6-9-7-20-8(2)18-9/h4-5,7H,3,6H2,1-2H3,(H,15,16)(H,17,19). The molecule has 2 rings (SSSR count). The van der Waals surface area contributed by atoms with E-state index < -0.39 is 11.7 Å². The first-order valence-electron chi connectivity index (χ1n) is 6.19. The third-order valence-corrected chi connectivity index (χ3v) is 3.40. The SMILES string of the molecule is CCNc1nccc(C(=O)NCc2csc(C)n2)c1F. The first-order valence-corrected chi connectivity index (χ1v) is 7.07. The molecule has 0 unspecified atom stereocenters. The molecule has 2 heterocycles. The van der Waals surface area contributed by atoms with Crippen LogP contribution in [0.25, 0.3) is 0 Å². The minimum Gasteiger partial charge on any atom is -0.368 e. The third-order valence-electron chi connectivity index (χ3n) is 2.57. The van der Waals surface area contributed by atoms with Crippen LogP contribution >= 0.6 is 11.3 Å². The van der Waals surface area contributed by atoms with Gasteiger partial charge in [-0.3, -0.25) is 4.79 Å². The molecule has 106 valence electrons. The molecule has 2 N–H and O–H groups in total. The van der Waals surface area contributed by atoms with Crippen LogP contribution in [0.5, 0.6) is 0 Å². The maximum absolute atomic E-state index is 14.0. The lowest BCUT2D eigenvalue weighted by molar-refractivity contribution is 0.0946. The van der Waals surface area contributed by atoms with Gasteiger partial charge in [-0.2, -0.15) is 0 Å². The Morgan fingerprint density at radius 1 is 1.50 bits per heavy atom. The smallest absolute Gasteiger partial charge is 0.254 e. The summed E-state index contributed by atoms with van der Waals surface area (Å²) in [6, 6.07) is 1.36. The monoisotopic (exact) mass is 294 g/mol. The minimum absolute atomic E-state index is 0.0251. The van der Waals surface area contributed by atoms with E-state index >= 15 is 0 Å². The number of anilines is 1. The number of aryl methyl sites for hydroxylation is 1. The summed E-state index contributed by atoms with van der Waals surface area (Å²) in [5.74, 6) is -1.03. The maximum Gasteiger partial charge on any atom is 0.254 e. The summed E-state index contributed by atoms with van der Waals surface area (Å²) in [4.78, 5) is 20.1. The zero-order chi connectivity index (χ0) is 14.5. The summed E-state index contributed by atoms with van der Waals surface area (Å²) < 4.78 is 14.0. The van der Waals surface area contributed by atoms with Gasteiger partial charge in [0.2, 0.25) is 0 Å². The zero-order valence-electron chi connectivity index (χ0n) is 11.2. The van der Waals surface area contributed by atoms with Gasteiger partial charge in [0.15, 0.2) is 11.6 Å². The van der Waals surface area contributed by atoms with Gasteiger partial charge in [0.05, 0.1) is 22.8 Å². The number of hydrogen-bond donors (Lipinski definition) is 2. The van der Waals surface area contributed by atoms with Crippen LogP contribution < -0.4 is 10.6 Å². The van der Waals surface area contributed by atoms with E-state index in [1.807, 2.05) is 19.2 Å². The summed E-state index contributed by atoms with van der Waals surface area (Å²) >= 11 is 1.51. The average Bonchev–Trinajstić information content (AvgIpc) is 2.84. The number of carbonyl (C=O) groups excluding carboxylic acids is 1. The number of rotatable bonds is 5. The van der Waals surface area contributed by atoms with Crippen LogP contribution in [-0.4, -0.2) is 22.4 Å². The fraction of sp³-hybridized carbons (Fsp3) is 0.308. The Morgan fingerprint density at radius 3 is 2.95 bits per heavy atom. The van der Waals surface area contributed by atoms with Crippen molar-refractivity contribution in [2.45, 2.75) is 20.4 Å². The summed E-state index contributed by atoms with van der Waals surface area (Å²) in [5, 5.41) is 8.21. The normalized spacial score (nSPS) is 10.3. The Morgan fingerprint density at radius 2 is 2.30 bits per heavy atom. The van der Waals surface area contributed by atoms with Crippen molar-refractivity contribution in [3.8, 4) is 0 Å². The number of hydrogen-bond acceptors (Lipinski definition) is 5. The highest BCUT2D eigenvalue weighted by Crippen LogP contribution is 2.15. The Kier molecular flexibility index (Phi) is 4.62. The van der Waals surface area contributed by atoms with Crippen LogP contribution in [0.15, 0.2) is 17.6 Å². The van der Waals surface area contributed by atoms with Crippen LogP contribution in [0.4, 0.5) is 10.2 Å². The Balaban J connectivity index is 2.07. The highest BCUT2D eigenvalue weighted by Gasteiger charge is 2.15. The number of carbonyl (C=O) groups is 1. The molecule has 0 aliphatic carbocycles. The molecule has 0 saturated heterocycles. The number of thiazole rings is 1. The van der Waals surface area contributed by atoms with Gasteiger partial charge in [0.1, 0.15) is 0 Å². The van der Waals surface area contributed by atoms with Crippen molar-refractivity contribution < 1.29 is 9.18 Å². The quantitative estimate of drug-likeness (QED) is 0.888. The highest BCUT2D eigenvalue weighted by atomic mass is 32.1. The van der Waals surface area contributed by atoms with Crippen molar-refractivity contribution in [3.05, 3.63) is 39.7 Å². The van der Waals surface area contributed by atoms with E-state index in [2.05, 4.69) is 20.6 Å². The molecule has 7 heteroatoms. The molecule has 1 amide bonds. The van der Waals surface area contributed by atoms with Crippen molar-refractivity contribution in [1.29, 1.82) is 0 Å². The van der Waals surface area contributed by atoms with Crippen LogP contribution in [-0.2, 0) is 6.54 Å². The second kappa shape index (κ2) is 6.42. The van der Waals surface area contributed by atoms with E-state index in [0.29, 0.717) is 6.54 Å². The number of amides is 1. The molecule has 0 bridgehead atoms. The fourth-order valence-electron chi connectivity index (χ4n) is 1.67. The zero-order valence-corrected chi connectivity index (χ0v) is 12.1. The molecule has 0 atom stereocenters.